The van der Waals surface area contributed by atoms with E-state index in [0.717, 1.165) is 44.1 Å². The Morgan fingerprint density at radius 2 is 1.80 bits per heavy atom. The lowest BCUT2D eigenvalue weighted by Gasteiger charge is -2.37. The van der Waals surface area contributed by atoms with Crippen molar-refractivity contribution in [1.82, 2.24) is 24.7 Å². The molecule has 0 aliphatic carbocycles. The summed E-state index contributed by atoms with van der Waals surface area (Å²) in [5.41, 5.74) is 4.57. The highest BCUT2D eigenvalue weighted by Gasteiger charge is 2.19. The zero-order chi connectivity index (χ0) is 17.2. The van der Waals surface area contributed by atoms with E-state index in [1.807, 2.05) is 12.1 Å². The topological polar surface area (TPSA) is 49.6 Å². The zero-order valence-corrected chi connectivity index (χ0v) is 14.5. The SMILES string of the molecule is C=C(Cc1ccc(C)cc1)N1CCN(c2ccc3nncn3n2)CC1. The van der Waals surface area contributed by atoms with Crippen molar-refractivity contribution in [2.45, 2.75) is 13.3 Å². The highest BCUT2D eigenvalue weighted by atomic mass is 15.4. The van der Waals surface area contributed by atoms with Crippen LogP contribution in [-0.4, -0.2) is 50.9 Å². The molecule has 2 aromatic heterocycles. The largest absolute Gasteiger partial charge is 0.371 e. The van der Waals surface area contributed by atoms with Crippen molar-refractivity contribution in [1.29, 1.82) is 0 Å². The molecule has 25 heavy (non-hydrogen) atoms. The number of nitrogens with zero attached hydrogens (tertiary/aromatic N) is 6. The summed E-state index contributed by atoms with van der Waals surface area (Å²) in [7, 11) is 0. The fourth-order valence-electron chi connectivity index (χ4n) is 3.19. The van der Waals surface area contributed by atoms with Crippen LogP contribution in [0.2, 0.25) is 0 Å². The second-order valence-electron chi connectivity index (χ2n) is 6.53. The van der Waals surface area contributed by atoms with Crippen molar-refractivity contribution in [3.8, 4) is 0 Å². The van der Waals surface area contributed by atoms with Gasteiger partial charge in [0.25, 0.3) is 0 Å². The van der Waals surface area contributed by atoms with Gasteiger partial charge >= 0.3 is 0 Å². The Bertz CT molecular complexity index is 874. The van der Waals surface area contributed by atoms with E-state index in [2.05, 4.69) is 62.9 Å². The minimum absolute atomic E-state index is 0.772. The Hall–Kier alpha value is -2.89. The molecule has 6 nitrogen and oxygen atoms in total. The van der Waals surface area contributed by atoms with E-state index in [4.69, 9.17) is 0 Å². The molecule has 0 amide bonds. The van der Waals surface area contributed by atoms with Crippen molar-refractivity contribution in [2.24, 2.45) is 0 Å². The van der Waals surface area contributed by atoms with E-state index in [1.54, 1.807) is 10.8 Å². The van der Waals surface area contributed by atoms with Crippen LogP contribution in [0.1, 0.15) is 11.1 Å². The molecule has 3 aromatic rings. The average Bonchev–Trinajstić information content (AvgIpc) is 3.11. The van der Waals surface area contributed by atoms with E-state index in [0.29, 0.717) is 0 Å². The molecule has 0 atom stereocenters. The molecule has 0 N–H and O–H groups in total. The molecule has 6 heteroatoms. The number of hydrogen-bond acceptors (Lipinski definition) is 5. The van der Waals surface area contributed by atoms with Gasteiger partial charge in [0.15, 0.2) is 5.65 Å². The van der Waals surface area contributed by atoms with Crippen LogP contribution < -0.4 is 4.90 Å². The van der Waals surface area contributed by atoms with Crippen LogP contribution in [0, 0.1) is 6.92 Å². The summed E-state index contributed by atoms with van der Waals surface area (Å²) in [6.07, 6.45) is 2.55. The first-order valence-corrected chi connectivity index (χ1v) is 8.59. The minimum atomic E-state index is 0.772. The maximum absolute atomic E-state index is 4.58. The van der Waals surface area contributed by atoms with E-state index < -0.39 is 0 Å². The smallest absolute Gasteiger partial charge is 0.177 e. The average molecular weight is 334 g/mol. The van der Waals surface area contributed by atoms with Gasteiger partial charge in [-0.05, 0) is 24.6 Å². The number of aryl methyl sites for hydroxylation is 1. The van der Waals surface area contributed by atoms with Gasteiger partial charge in [0, 0.05) is 38.3 Å². The quantitative estimate of drug-likeness (QED) is 0.733. The number of piperazine rings is 1. The van der Waals surface area contributed by atoms with Crippen molar-refractivity contribution in [3.63, 3.8) is 0 Å². The van der Waals surface area contributed by atoms with Crippen molar-refractivity contribution >= 4 is 11.5 Å². The molecule has 1 fully saturated rings. The molecule has 4 rings (SSSR count). The Balaban J connectivity index is 1.37. The van der Waals surface area contributed by atoms with Gasteiger partial charge in [-0.1, -0.05) is 36.4 Å². The van der Waals surface area contributed by atoms with Gasteiger partial charge in [-0.3, -0.25) is 0 Å². The summed E-state index contributed by atoms with van der Waals surface area (Å²) in [6.45, 7) is 10.2. The van der Waals surface area contributed by atoms with E-state index >= 15 is 0 Å². The summed E-state index contributed by atoms with van der Waals surface area (Å²) >= 11 is 0. The van der Waals surface area contributed by atoms with E-state index in [-0.39, 0.29) is 0 Å². The zero-order valence-electron chi connectivity index (χ0n) is 14.5. The summed E-state index contributed by atoms with van der Waals surface area (Å²) < 4.78 is 1.72. The molecule has 0 radical (unpaired) electrons. The number of rotatable bonds is 4. The minimum Gasteiger partial charge on any atom is -0.371 e. The van der Waals surface area contributed by atoms with Crippen LogP contribution in [0.15, 0.2) is 55.0 Å². The first-order valence-electron chi connectivity index (χ1n) is 8.59. The van der Waals surface area contributed by atoms with Crippen LogP contribution in [0.4, 0.5) is 5.82 Å². The van der Waals surface area contributed by atoms with Crippen molar-refractivity contribution in [3.05, 3.63) is 66.1 Å². The van der Waals surface area contributed by atoms with E-state index in [1.165, 1.54) is 16.8 Å². The maximum Gasteiger partial charge on any atom is 0.177 e. The lowest BCUT2D eigenvalue weighted by molar-refractivity contribution is 0.315. The fraction of sp³-hybridized carbons (Fsp3) is 0.316. The van der Waals surface area contributed by atoms with Gasteiger partial charge in [-0.2, -0.15) is 4.52 Å². The third-order valence-electron chi connectivity index (χ3n) is 4.73. The third kappa shape index (κ3) is 3.33. The van der Waals surface area contributed by atoms with Crippen LogP contribution in [0.5, 0.6) is 0 Å². The second-order valence-corrected chi connectivity index (χ2v) is 6.53. The van der Waals surface area contributed by atoms with Gasteiger partial charge in [0.2, 0.25) is 0 Å². The number of aromatic nitrogens is 4. The first-order chi connectivity index (χ1) is 12.2. The highest BCUT2D eigenvalue weighted by molar-refractivity contribution is 5.45. The summed E-state index contributed by atoms with van der Waals surface area (Å²) in [4.78, 5) is 4.68. The van der Waals surface area contributed by atoms with Gasteiger partial charge in [-0.25, -0.2) is 0 Å². The standard InChI is InChI=1S/C19H22N6/c1-15-3-5-17(6-4-15)13-16(2)23-9-11-24(12-10-23)19-8-7-18-21-20-14-25(18)22-19/h3-8,14H,2,9-13H2,1H3. The van der Waals surface area contributed by atoms with Gasteiger partial charge < -0.3 is 9.80 Å². The van der Waals surface area contributed by atoms with Crippen molar-refractivity contribution < 1.29 is 0 Å². The number of benzene rings is 1. The third-order valence-corrected chi connectivity index (χ3v) is 4.73. The molecule has 0 bridgehead atoms. The highest BCUT2D eigenvalue weighted by Crippen LogP contribution is 2.18. The molecule has 0 saturated carbocycles. The summed E-state index contributed by atoms with van der Waals surface area (Å²) in [5.74, 6) is 0.969. The fourth-order valence-corrected chi connectivity index (χ4v) is 3.19. The number of allylic oxidation sites excluding steroid dienone is 1. The molecule has 1 aliphatic heterocycles. The Kier molecular flexibility index (Phi) is 4.09. The molecule has 0 unspecified atom stereocenters. The second kappa shape index (κ2) is 6.55. The summed E-state index contributed by atoms with van der Waals surface area (Å²) in [5, 5.41) is 12.5. The number of hydrogen-bond donors (Lipinski definition) is 0. The Labute approximate surface area is 147 Å². The first kappa shape index (κ1) is 15.6. The van der Waals surface area contributed by atoms with Gasteiger partial charge in [0.1, 0.15) is 12.1 Å². The van der Waals surface area contributed by atoms with Crippen LogP contribution in [-0.2, 0) is 6.42 Å². The van der Waals surface area contributed by atoms with E-state index in [9.17, 15) is 0 Å². The predicted octanol–water partition coefficient (Wildman–Crippen LogP) is 2.31. The number of anilines is 1. The predicted molar refractivity (Wildman–Crippen MR) is 98.6 cm³/mol. The Morgan fingerprint density at radius 3 is 2.56 bits per heavy atom. The molecule has 1 saturated heterocycles. The molecule has 3 heterocycles. The lowest BCUT2D eigenvalue weighted by Crippen LogP contribution is -2.46. The van der Waals surface area contributed by atoms with Gasteiger partial charge in [-0.15, -0.1) is 15.3 Å². The number of fused-ring (bicyclic) bond motifs is 1. The Morgan fingerprint density at radius 1 is 1.04 bits per heavy atom. The normalized spacial score (nSPS) is 14.9. The molecule has 128 valence electrons. The van der Waals surface area contributed by atoms with Crippen LogP contribution >= 0.6 is 0 Å². The molecule has 1 aliphatic rings. The molecular formula is C19H22N6. The lowest BCUT2D eigenvalue weighted by atomic mass is 10.1. The monoisotopic (exact) mass is 334 g/mol. The van der Waals surface area contributed by atoms with Crippen LogP contribution in [0.3, 0.4) is 0 Å². The summed E-state index contributed by atoms with van der Waals surface area (Å²) in [6, 6.07) is 12.7. The van der Waals surface area contributed by atoms with Crippen LogP contribution in [0.25, 0.3) is 5.65 Å². The van der Waals surface area contributed by atoms with Crippen molar-refractivity contribution in [2.75, 3.05) is 31.1 Å². The molecular weight excluding hydrogens is 312 g/mol. The molecule has 0 spiro atoms. The van der Waals surface area contributed by atoms with Gasteiger partial charge in [0.05, 0.1) is 0 Å². The maximum atomic E-state index is 4.58. The molecule has 1 aromatic carbocycles.